The number of carbonyl (C=O) groups is 2. The van der Waals surface area contributed by atoms with Crippen LogP contribution < -0.4 is 9.62 Å². The van der Waals surface area contributed by atoms with Gasteiger partial charge in [-0.2, -0.15) is 0 Å². The third kappa shape index (κ3) is 7.83. The van der Waals surface area contributed by atoms with Gasteiger partial charge in [-0.1, -0.05) is 73.1 Å². The van der Waals surface area contributed by atoms with E-state index < -0.39 is 34.1 Å². The summed E-state index contributed by atoms with van der Waals surface area (Å²) in [4.78, 5) is 28.9. The zero-order chi connectivity index (χ0) is 28.8. The first-order chi connectivity index (χ1) is 18.3. The van der Waals surface area contributed by atoms with E-state index in [9.17, 15) is 18.0 Å². The summed E-state index contributed by atoms with van der Waals surface area (Å²) < 4.78 is 28.7. The number of halogens is 1. The Bertz CT molecular complexity index is 1390. The Labute approximate surface area is 236 Å². The quantitative estimate of drug-likeness (QED) is 0.346. The number of amides is 2. The van der Waals surface area contributed by atoms with Crippen LogP contribution in [0.1, 0.15) is 45.2 Å². The molecule has 0 aliphatic heterocycles. The van der Waals surface area contributed by atoms with Crippen molar-refractivity contribution in [1.29, 1.82) is 0 Å². The first-order valence-electron chi connectivity index (χ1n) is 12.8. The second kappa shape index (κ2) is 12.7. The van der Waals surface area contributed by atoms with E-state index in [2.05, 4.69) is 5.32 Å². The van der Waals surface area contributed by atoms with Crippen molar-refractivity contribution in [3.8, 4) is 0 Å². The molecule has 9 heteroatoms. The van der Waals surface area contributed by atoms with Gasteiger partial charge in [-0.15, -0.1) is 0 Å². The van der Waals surface area contributed by atoms with E-state index in [-0.39, 0.29) is 23.0 Å². The van der Waals surface area contributed by atoms with Crippen molar-refractivity contribution in [3.05, 3.63) is 95.0 Å². The molecular weight excluding hydrogens is 534 g/mol. The molecule has 3 rings (SSSR count). The molecule has 0 saturated heterocycles. The lowest BCUT2D eigenvalue weighted by atomic mass is 10.1. The average Bonchev–Trinajstić information content (AvgIpc) is 2.88. The lowest BCUT2D eigenvalue weighted by Crippen LogP contribution is -2.55. The molecule has 0 aliphatic carbocycles. The van der Waals surface area contributed by atoms with Gasteiger partial charge in [0.25, 0.3) is 10.0 Å². The summed E-state index contributed by atoms with van der Waals surface area (Å²) in [6, 6.07) is 21.3. The fourth-order valence-corrected chi connectivity index (χ4v) is 5.74. The van der Waals surface area contributed by atoms with Crippen LogP contribution in [0.25, 0.3) is 0 Å². The van der Waals surface area contributed by atoms with Crippen molar-refractivity contribution in [2.75, 3.05) is 10.8 Å². The number of hydrogen-bond acceptors (Lipinski definition) is 4. The molecule has 0 spiro atoms. The Morgan fingerprint density at radius 1 is 0.949 bits per heavy atom. The van der Waals surface area contributed by atoms with E-state index in [1.165, 1.54) is 23.1 Å². The monoisotopic (exact) mass is 569 g/mol. The SMILES string of the molecule is CC[C@@H](C(=O)NC(C)(C)C)N(Cc1ccccc1)C(=O)CN(c1ccc(C)c(Cl)c1)S(=O)(=O)c1ccccc1. The molecule has 3 aromatic rings. The van der Waals surface area contributed by atoms with Gasteiger partial charge in [-0.3, -0.25) is 13.9 Å². The zero-order valence-corrected chi connectivity index (χ0v) is 24.6. The van der Waals surface area contributed by atoms with Crippen LogP contribution in [-0.2, 0) is 26.2 Å². The molecule has 0 aromatic heterocycles. The number of aryl methyl sites for hydroxylation is 1. The van der Waals surface area contributed by atoms with E-state index in [4.69, 9.17) is 11.6 Å². The van der Waals surface area contributed by atoms with Gasteiger partial charge < -0.3 is 10.2 Å². The Hall–Kier alpha value is -3.36. The highest BCUT2D eigenvalue weighted by Crippen LogP contribution is 2.28. The number of carbonyl (C=O) groups excluding carboxylic acids is 2. The highest BCUT2D eigenvalue weighted by Gasteiger charge is 2.34. The summed E-state index contributed by atoms with van der Waals surface area (Å²) in [7, 11) is -4.14. The first-order valence-corrected chi connectivity index (χ1v) is 14.6. The van der Waals surface area contributed by atoms with Crippen molar-refractivity contribution in [3.63, 3.8) is 0 Å². The predicted octanol–water partition coefficient (Wildman–Crippen LogP) is 5.57. The minimum absolute atomic E-state index is 0.0432. The highest BCUT2D eigenvalue weighted by molar-refractivity contribution is 7.92. The number of rotatable bonds is 10. The zero-order valence-electron chi connectivity index (χ0n) is 23.0. The van der Waals surface area contributed by atoms with E-state index in [1.807, 2.05) is 65.0 Å². The summed E-state index contributed by atoms with van der Waals surface area (Å²) in [6.07, 6.45) is 0.349. The van der Waals surface area contributed by atoms with Crippen LogP contribution >= 0.6 is 11.6 Å². The summed E-state index contributed by atoms with van der Waals surface area (Å²) in [5.74, 6) is -0.809. The van der Waals surface area contributed by atoms with Crippen molar-refractivity contribution < 1.29 is 18.0 Å². The van der Waals surface area contributed by atoms with E-state index >= 15 is 0 Å². The molecule has 7 nitrogen and oxygen atoms in total. The molecule has 0 heterocycles. The summed E-state index contributed by atoms with van der Waals surface area (Å²) in [6.45, 7) is 8.89. The molecule has 1 N–H and O–H groups in total. The summed E-state index contributed by atoms with van der Waals surface area (Å²) in [5.41, 5.74) is 1.35. The molecule has 0 unspecified atom stereocenters. The van der Waals surface area contributed by atoms with Gasteiger partial charge >= 0.3 is 0 Å². The molecule has 0 fully saturated rings. The second-order valence-electron chi connectivity index (χ2n) is 10.4. The number of nitrogens with zero attached hydrogens (tertiary/aromatic N) is 2. The van der Waals surface area contributed by atoms with E-state index in [0.29, 0.717) is 11.4 Å². The minimum Gasteiger partial charge on any atom is -0.350 e. The van der Waals surface area contributed by atoms with Crippen LogP contribution in [0.5, 0.6) is 0 Å². The smallest absolute Gasteiger partial charge is 0.264 e. The standard InChI is InChI=1S/C30H36ClN3O4S/c1-6-27(29(36)32-30(3,4)5)33(20-23-13-9-7-10-14-23)28(35)21-34(24-18-17-22(2)26(31)19-24)39(37,38)25-15-11-8-12-16-25/h7-19,27H,6,20-21H2,1-5H3,(H,32,36)/t27-/m0/s1. The molecule has 0 radical (unpaired) electrons. The maximum Gasteiger partial charge on any atom is 0.264 e. The molecule has 208 valence electrons. The van der Waals surface area contributed by atoms with Gasteiger partial charge in [0.1, 0.15) is 12.6 Å². The lowest BCUT2D eigenvalue weighted by molar-refractivity contribution is -0.141. The number of sulfonamides is 1. The summed E-state index contributed by atoms with van der Waals surface area (Å²) in [5, 5.41) is 3.34. The van der Waals surface area contributed by atoms with Gasteiger partial charge in [0.15, 0.2) is 0 Å². The molecule has 3 aromatic carbocycles. The fraction of sp³-hybridized carbons (Fsp3) is 0.333. The van der Waals surface area contributed by atoms with Gasteiger partial charge in [0.05, 0.1) is 10.6 Å². The van der Waals surface area contributed by atoms with Crippen LogP contribution in [0.3, 0.4) is 0 Å². The number of hydrogen-bond donors (Lipinski definition) is 1. The predicted molar refractivity (Wildman–Crippen MR) is 156 cm³/mol. The van der Waals surface area contributed by atoms with Crippen LogP contribution in [0.15, 0.2) is 83.8 Å². The molecule has 0 bridgehead atoms. The Kier molecular flexibility index (Phi) is 9.80. The van der Waals surface area contributed by atoms with Gasteiger partial charge in [-0.05, 0) is 69.5 Å². The molecule has 0 aliphatic rings. The molecule has 1 atom stereocenters. The lowest BCUT2D eigenvalue weighted by Gasteiger charge is -2.34. The second-order valence-corrected chi connectivity index (χ2v) is 12.7. The Morgan fingerprint density at radius 2 is 1.54 bits per heavy atom. The molecule has 2 amide bonds. The Morgan fingerprint density at radius 3 is 2.08 bits per heavy atom. The van der Waals surface area contributed by atoms with Crippen molar-refractivity contribution in [2.45, 2.75) is 64.1 Å². The van der Waals surface area contributed by atoms with Crippen LogP contribution in [-0.4, -0.2) is 43.3 Å². The third-order valence-corrected chi connectivity index (χ3v) is 8.33. The van der Waals surface area contributed by atoms with Crippen molar-refractivity contribution in [2.24, 2.45) is 0 Å². The average molecular weight is 570 g/mol. The van der Waals surface area contributed by atoms with Crippen LogP contribution in [0.4, 0.5) is 5.69 Å². The topological polar surface area (TPSA) is 86.8 Å². The number of benzene rings is 3. The maximum absolute atomic E-state index is 14.0. The Balaban J connectivity index is 2.07. The summed E-state index contributed by atoms with van der Waals surface area (Å²) >= 11 is 6.37. The normalized spacial score (nSPS) is 12.5. The van der Waals surface area contributed by atoms with Crippen LogP contribution in [0.2, 0.25) is 5.02 Å². The fourth-order valence-electron chi connectivity index (χ4n) is 4.14. The third-order valence-electron chi connectivity index (χ3n) is 6.13. The maximum atomic E-state index is 14.0. The van der Waals surface area contributed by atoms with Gasteiger partial charge in [-0.25, -0.2) is 8.42 Å². The van der Waals surface area contributed by atoms with E-state index in [0.717, 1.165) is 15.4 Å². The number of anilines is 1. The minimum atomic E-state index is -4.14. The molecule has 39 heavy (non-hydrogen) atoms. The van der Waals surface area contributed by atoms with Crippen molar-refractivity contribution >= 4 is 39.1 Å². The first kappa shape index (κ1) is 30.2. The van der Waals surface area contributed by atoms with Crippen molar-refractivity contribution in [1.82, 2.24) is 10.2 Å². The molecule has 0 saturated carbocycles. The largest absolute Gasteiger partial charge is 0.350 e. The van der Waals surface area contributed by atoms with Gasteiger partial charge in [0.2, 0.25) is 11.8 Å². The van der Waals surface area contributed by atoms with Gasteiger partial charge in [0, 0.05) is 17.1 Å². The highest BCUT2D eigenvalue weighted by atomic mass is 35.5. The molecular formula is C30H36ClN3O4S. The number of nitrogens with one attached hydrogen (secondary N) is 1. The van der Waals surface area contributed by atoms with E-state index in [1.54, 1.807) is 30.3 Å². The van der Waals surface area contributed by atoms with Crippen LogP contribution in [0, 0.1) is 6.92 Å².